The van der Waals surface area contributed by atoms with Crippen molar-refractivity contribution in [2.45, 2.75) is 40.2 Å². The average Bonchev–Trinajstić information content (AvgIpc) is 2.65. The number of rotatable bonds is 13. The van der Waals surface area contributed by atoms with Crippen molar-refractivity contribution in [3.05, 3.63) is 29.8 Å². The lowest BCUT2D eigenvalue weighted by atomic mass is 9.94. The molecule has 3 N–H and O–H groups in total. The fourth-order valence-electron chi connectivity index (χ4n) is 2.84. The molecule has 1 rings (SSSR count). The molecular formula is C21H38IN3O3. The Labute approximate surface area is 187 Å². The van der Waals surface area contributed by atoms with Gasteiger partial charge in [-0.05, 0) is 49.3 Å². The van der Waals surface area contributed by atoms with Gasteiger partial charge in [0.1, 0.15) is 12.4 Å². The summed E-state index contributed by atoms with van der Waals surface area (Å²) in [6.45, 7) is 10.1. The molecule has 0 aliphatic heterocycles. The molecule has 0 amide bonds. The van der Waals surface area contributed by atoms with Crippen molar-refractivity contribution >= 4 is 29.9 Å². The summed E-state index contributed by atoms with van der Waals surface area (Å²) < 4.78 is 10.6. The van der Waals surface area contributed by atoms with Gasteiger partial charge in [-0.1, -0.05) is 26.0 Å². The van der Waals surface area contributed by atoms with Crippen molar-refractivity contribution in [2.75, 3.05) is 40.0 Å². The Kier molecular flexibility index (Phi) is 16.2. The van der Waals surface area contributed by atoms with E-state index < -0.39 is 0 Å². The maximum atomic E-state index is 9.27. The number of aliphatic hydroxyl groups excluding tert-OH is 1. The topological polar surface area (TPSA) is 75.1 Å². The molecular weight excluding hydrogens is 469 g/mol. The van der Waals surface area contributed by atoms with E-state index in [1.54, 1.807) is 7.11 Å². The van der Waals surface area contributed by atoms with Gasteiger partial charge in [-0.3, -0.25) is 0 Å². The molecule has 162 valence electrons. The highest BCUT2D eigenvalue weighted by Gasteiger charge is 2.11. The molecule has 0 radical (unpaired) electrons. The molecule has 1 unspecified atom stereocenters. The summed E-state index contributed by atoms with van der Waals surface area (Å²) in [4.78, 5) is 4.67. The van der Waals surface area contributed by atoms with Gasteiger partial charge in [-0.25, -0.2) is 4.99 Å². The third-order valence-electron chi connectivity index (χ3n) is 4.14. The van der Waals surface area contributed by atoms with Crippen LogP contribution in [0.2, 0.25) is 0 Å². The molecule has 0 aromatic heterocycles. The lowest BCUT2D eigenvalue weighted by Gasteiger charge is -2.20. The summed E-state index contributed by atoms with van der Waals surface area (Å²) in [5, 5.41) is 16.0. The quantitative estimate of drug-likeness (QED) is 0.165. The number of nitrogens with one attached hydrogen (secondary N) is 2. The smallest absolute Gasteiger partial charge is 0.191 e. The van der Waals surface area contributed by atoms with Crippen LogP contribution in [-0.2, 0) is 11.3 Å². The number of guanidine groups is 1. The lowest BCUT2D eigenvalue weighted by Crippen LogP contribution is -2.40. The van der Waals surface area contributed by atoms with Crippen LogP contribution in [0.4, 0.5) is 0 Å². The van der Waals surface area contributed by atoms with Crippen molar-refractivity contribution in [2.24, 2.45) is 16.8 Å². The minimum Gasteiger partial charge on any atom is -0.491 e. The fraction of sp³-hybridized carbons (Fsp3) is 0.667. The third kappa shape index (κ3) is 12.4. The Morgan fingerprint density at radius 1 is 1.14 bits per heavy atom. The highest BCUT2D eigenvalue weighted by atomic mass is 127. The zero-order chi connectivity index (χ0) is 19.9. The number of ether oxygens (including phenoxy) is 2. The van der Waals surface area contributed by atoms with Crippen molar-refractivity contribution < 1.29 is 14.6 Å². The lowest BCUT2D eigenvalue weighted by molar-refractivity contribution is 0.146. The molecule has 0 saturated heterocycles. The Morgan fingerprint density at radius 2 is 1.86 bits per heavy atom. The van der Waals surface area contributed by atoms with Gasteiger partial charge in [0.05, 0.1) is 13.2 Å². The van der Waals surface area contributed by atoms with Gasteiger partial charge in [0.2, 0.25) is 0 Å². The summed E-state index contributed by atoms with van der Waals surface area (Å²) in [6.07, 6.45) is 1.91. The van der Waals surface area contributed by atoms with Crippen LogP contribution < -0.4 is 15.4 Å². The number of methoxy groups -OCH3 is 1. The molecule has 0 bridgehead atoms. The molecule has 0 saturated carbocycles. The molecule has 28 heavy (non-hydrogen) atoms. The van der Waals surface area contributed by atoms with E-state index in [1.807, 2.05) is 24.3 Å². The van der Waals surface area contributed by atoms with E-state index in [1.165, 1.54) is 0 Å². The second-order valence-electron chi connectivity index (χ2n) is 7.07. The van der Waals surface area contributed by atoms with Gasteiger partial charge in [0.15, 0.2) is 5.96 Å². The highest BCUT2D eigenvalue weighted by molar-refractivity contribution is 14.0. The second kappa shape index (κ2) is 16.9. The van der Waals surface area contributed by atoms with Crippen LogP contribution in [0.3, 0.4) is 0 Å². The number of benzene rings is 1. The summed E-state index contributed by atoms with van der Waals surface area (Å²) in [5.74, 6) is 2.71. The molecule has 7 heteroatoms. The minimum atomic E-state index is 0. The second-order valence-corrected chi connectivity index (χ2v) is 7.07. The summed E-state index contributed by atoms with van der Waals surface area (Å²) in [6, 6.07) is 7.98. The van der Waals surface area contributed by atoms with Crippen LogP contribution in [-0.4, -0.2) is 51.1 Å². The number of nitrogens with zero attached hydrogens (tertiary/aromatic N) is 1. The molecule has 1 atom stereocenters. The number of aliphatic hydroxyl groups is 1. The number of aliphatic imine (C=N–C) groups is 1. The zero-order valence-corrected chi connectivity index (χ0v) is 20.1. The molecule has 0 aliphatic rings. The minimum absolute atomic E-state index is 0. The predicted molar refractivity (Wildman–Crippen MR) is 127 cm³/mol. The van der Waals surface area contributed by atoms with E-state index in [9.17, 15) is 5.11 Å². The largest absolute Gasteiger partial charge is 0.491 e. The normalized spacial score (nSPS) is 12.4. The van der Waals surface area contributed by atoms with Gasteiger partial charge >= 0.3 is 0 Å². The molecule has 0 spiro atoms. The number of hydrogen-bond acceptors (Lipinski definition) is 4. The Morgan fingerprint density at radius 3 is 2.43 bits per heavy atom. The van der Waals surface area contributed by atoms with E-state index in [4.69, 9.17) is 9.47 Å². The Hall–Kier alpha value is -1.06. The van der Waals surface area contributed by atoms with Crippen LogP contribution >= 0.6 is 24.0 Å². The molecule has 1 aromatic carbocycles. The van der Waals surface area contributed by atoms with Crippen molar-refractivity contribution in [1.29, 1.82) is 0 Å². The molecule has 1 aromatic rings. The number of halogens is 1. The van der Waals surface area contributed by atoms with E-state index in [0.717, 1.165) is 43.2 Å². The predicted octanol–water partition coefficient (Wildman–Crippen LogP) is 3.43. The maximum Gasteiger partial charge on any atom is 0.191 e. The third-order valence-corrected chi connectivity index (χ3v) is 4.14. The van der Waals surface area contributed by atoms with E-state index in [0.29, 0.717) is 31.6 Å². The fourth-order valence-corrected chi connectivity index (χ4v) is 2.84. The molecule has 0 fully saturated rings. The number of hydrogen-bond donors (Lipinski definition) is 3. The van der Waals surface area contributed by atoms with Crippen molar-refractivity contribution in [1.82, 2.24) is 10.6 Å². The van der Waals surface area contributed by atoms with Gasteiger partial charge < -0.3 is 25.2 Å². The summed E-state index contributed by atoms with van der Waals surface area (Å²) in [7, 11) is 1.66. The van der Waals surface area contributed by atoms with E-state index >= 15 is 0 Å². The van der Waals surface area contributed by atoms with Crippen molar-refractivity contribution in [3.63, 3.8) is 0 Å². The average molecular weight is 507 g/mol. The zero-order valence-electron chi connectivity index (χ0n) is 17.7. The summed E-state index contributed by atoms with van der Waals surface area (Å²) in [5.41, 5.74) is 1.13. The Bertz CT molecular complexity index is 524. The van der Waals surface area contributed by atoms with Crippen LogP contribution in [0.25, 0.3) is 0 Å². The summed E-state index contributed by atoms with van der Waals surface area (Å²) >= 11 is 0. The maximum absolute atomic E-state index is 9.27. The first-order valence-electron chi connectivity index (χ1n) is 9.92. The monoisotopic (exact) mass is 507 g/mol. The molecule has 6 nitrogen and oxygen atoms in total. The first-order valence-corrected chi connectivity index (χ1v) is 9.92. The molecule has 0 aliphatic carbocycles. The highest BCUT2D eigenvalue weighted by Crippen LogP contribution is 2.15. The van der Waals surface area contributed by atoms with Crippen LogP contribution in [0, 0.1) is 11.8 Å². The Balaban J connectivity index is 0.00000729. The van der Waals surface area contributed by atoms with Crippen LogP contribution in [0.15, 0.2) is 29.3 Å². The van der Waals surface area contributed by atoms with Crippen LogP contribution in [0.1, 0.15) is 39.2 Å². The van der Waals surface area contributed by atoms with E-state index in [-0.39, 0.29) is 30.6 Å². The van der Waals surface area contributed by atoms with Crippen LogP contribution in [0.5, 0.6) is 5.75 Å². The first-order chi connectivity index (χ1) is 13.1. The SMILES string of the molecule is CCNC(=NCc1ccc(OCCOC)cc1)NCC(CCO)CC(C)C.I. The van der Waals surface area contributed by atoms with Gasteiger partial charge in [0.25, 0.3) is 0 Å². The van der Waals surface area contributed by atoms with Gasteiger partial charge in [-0.2, -0.15) is 0 Å². The van der Waals surface area contributed by atoms with Gasteiger partial charge in [-0.15, -0.1) is 24.0 Å². The standard InChI is InChI=1S/C21H37N3O3.HI/c1-5-22-21(24-16-19(10-11-25)14-17(2)3)23-15-18-6-8-20(9-7-18)27-13-12-26-4;/h6-9,17,19,25H,5,10-16H2,1-4H3,(H2,22,23,24);1H. The molecule has 0 heterocycles. The van der Waals surface area contributed by atoms with Crippen molar-refractivity contribution in [3.8, 4) is 5.75 Å². The first kappa shape index (κ1) is 26.9. The van der Waals surface area contributed by atoms with E-state index in [2.05, 4.69) is 36.4 Å². The van der Waals surface area contributed by atoms with Gasteiger partial charge in [0, 0.05) is 26.8 Å².